The first-order chi connectivity index (χ1) is 12.1. The lowest BCUT2D eigenvalue weighted by Crippen LogP contribution is -2.49. The zero-order valence-corrected chi connectivity index (χ0v) is 14.4. The molecule has 0 aliphatic carbocycles. The SMILES string of the molecule is COc1cc(C(=O)N2CCN(c3cccc(C#N)n3)CC2)ccc1C. The average Bonchev–Trinajstić information content (AvgIpc) is 2.68. The van der Waals surface area contributed by atoms with E-state index in [4.69, 9.17) is 10.00 Å². The van der Waals surface area contributed by atoms with Crippen LogP contribution in [0.4, 0.5) is 5.82 Å². The number of benzene rings is 1. The molecule has 0 atom stereocenters. The molecule has 3 rings (SSSR count). The quantitative estimate of drug-likeness (QED) is 0.860. The Morgan fingerprint density at radius 1 is 1.20 bits per heavy atom. The van der Waals surface area contributed by atoms with E-state index in [9.17, 15) is 4.79 Å². The van der Waals surface area contributed by atoms with Crippen molar-refractivity contribution in [1.29, 1.82) is 5.26 Å². The zero-order chi connectivity index (χ0) is 17.8. The summed E-state index contributed by atoms with van der Waals surface area (Å²) in [5, 5.41) is 8.97. The Hall–Kier alpha value is -3.07. The van der Waals surface area contributed by atoms with Crippen molar-refractivity contribution in [1.82, 2.24) is 9.88 Å². The Balaban J connectivity index is 1.67. The van der Waals surface area contributed by atoms with Gasteiger partial charge < -0.3 is 14.5 Å². The average molecular weight is 336 g/mol. The maximum Gasteiger partial charge on any atom is 0.254 e. The van der Waals surface area contributed by atoms with Crippen LogP contribution in [0.1, 0.15) is 21.6 Å². The fourth-order valence-electron chi connectivity index (χ4n) is 2.94. The maximum atomic E-state index is 12.7. The highest BCUT2D eigenvalue weighted by Crippen LogP contribution is 2.21. The summed E-state index contributed by atoms with van der Waals surface area (Å²) >= 11 is 0. The van der Waals surface area contributed by atoms with E-state index < -0.39 is 0 Å². The molecule has 25 heavy (non-hydrogen) atoms. The number of hydrogen-bond acceptors (Lipinski definition) is 5. The smallest absolute Gasteiger partial charge is 0.254 e. The molecule has 0 N–H and O–H groups in total. The zero-order valence-electron chi connectivity index (χ0n) is 14.4. The number of nitrogens with zero attached hydrogens (tertiary/aromatic N) is 4. The molecule has 2 aromatic rings. The third kappa shape index (κ3) is 3.56. The number of piperazine rings is 1. The van der Waals surface area contributed by atoms with Gasteiger partial charge in [0.25, 0.3) is 5.91 Å². The Bertz CT molecular complexity index is 820. The fraction of sp³-hybridized carbons (Fsp3) is 0.316. The number of nitriles is 1. The van der Waals surface area contributed by atoms with Crippen LogP contribution < -0.4 is 9.64 Å². The summed E-state index contributed by atoms with van der Waals surface area (Å²) in [6.45, 7) is 4.57. The van der Waals surface area contributed by atoms with Crippen molar-refractivity contribution in [3.63, 3.8) is 0 Å². The van der Waals surface area contributed by atoms with Crippen molar-refractivity contribution in [2.24, 2.45) is 0 Å². The number of aromatic nitrogens is 1. The van der Waals surface area contributed by atoms with Gasteiger partial charge >= 0.3 is 0 Å². The summed E-state index contributed by atoms with van der Waals surface area (Å²) < 4.78 is 5.31. The maximum absolute atomic E-state index is 12.7. The van der Waals surface area contributed by atoms with Crippen molar-refractivity contribution in [2.75, 3.05) is 38.2 Å². The molecule has 1 amide bonds. The summed E-state index contributed by atoms with van der Waals surface area (Å²) in [6, 6.07) is 13.0. The Labute approximate surface area is 147 Å². The second kappa shape index (κ2) is 7.22. The molecule has 0 unspecified atom stereocenters. The minimum absolute atomic E-state index is 0.0108. The number of ether oxygens (including phenoxy) is 1. The van der Waals surface area contributed by atoms with Crippen LogP contribution in [0.2, 0.25) is 0 Å². The van der Waals surface area contributed by atoms with E-state index in [1.807, 2.05) is 36.1 Å². The Morgan fingerprint density at radius 2 is 1.96 bits per heavy atom. The fourth-order valence-corrected chi connectivity index (χ4v) is 2.94. The number of rotatable bonds is 3. The van der Waals surface area contributed by atoms with Crippen molar-refractivity contribution in [3.05, 3.63) is 53.2 Å². The molecule has 0 saturated carbocycles. The topological polar surface area (TPSA) is 69.5 Å². The van der Waals surface area contributed by atoms with Crippen LogP contribution >= 0.6 is 0 Å². The van der Waals surface area contributed by atoms with E-state index in [0.29, 0.717) is 37.4 Å². The minimum atomic E-state index is 0.0108. The second-order valence-electron chi connectivity index (χ2n) is 5.96. The number of hydrogen-bond donors (Lipinski definition) is 0. The van der Waals surface area contributed by atoms with E-state index >= 15 is 0 Å². The van der Waals surface area contributed by atoms with Gasteiger partial charge in [0.2, 0.25) is 0 Å². The Morgan fingerprint density at radius 3 is 2.64 bits per heavy atom. The molecule has 1 aromatic heterocycles. The van der Waals surface area contributed by atoms with Crippen molar-refractivity contribution < 1.29 is 9.53 Å². The Kier molecular flexibility index (Phi) is 4.85. The van der Waals surface area contributed by atoms with Gasteiger partial charge in [0.1, 0.15) is 23.3 Å². The first kappa shape index (κ1) is 16.8. The minimum Gasteiger partial charge on any atom is -0.496 e. The van der Waals surface area contributed by atoms with E-state index in [1.165, 1.54) is 0 Å². The number of anilines is 1. The first-order valence-electron chi connectivity index (χ1n) is 8.18. The van der Waals surface area contributed by atoms with Gasteiger partial charge in [-0.15, -0.1) is 0 Å². The highest BCUT2D eigenvalue weighted by Gasteiger charge is 2.23. The van der Waals surface area contributed by atoms with E-state index in [2.05, 4.69) is 16.0 Å². The third-order valence-corrected chi connectivity index (χ3v) is 4.39. The molecule has 1 saturated heterocycles. The molecule has 1 aliphatic rings. The van der Waals surface area contributed by atoms with Crippen LogP contribution in [0.25, 0.3) is 0 Å². The highest BCUT2D eigenvalue weighted by atomic mass is 16.5. The van der Waals surface area contributed by atoms with Crippen LogP contribution in [-0.2, 0) is 0 Å². The molecule has 128 valence electrons. The van der Waals surface area contributed by atoms with Crippen molar-refractivity contribution in [2.45, 2.75) is 6.92 Å². The summed E-state index contributed by atoms with van der Waals surface area (Å²) in [5.74, 6) is 1.52. The predicted octanol–water partition coefficient (Wildman–Crippen LogP) is 2.23. The van der Waals surface area contributed by atoms with Gasteiger partial charge in [-0.3, -0.25) is 4.79 Å². The molecule has 6 nitrogen and oxygen atoms in total. The van der Waals surface area contributed by atoms with Crippen LogP contribution in [-0.4, -0.2) is 49.1 Å². The van der Waals surface area contributed by atoms with Gasteiger partial charge in [-0.1, -0.05) is 12.1 Å². The molecule has 2 heterocycles. The monoisotopic (exact) mass is 336 g/mol. The third-order valence-electron chi connectivity index (χ3n) is 4.39. The molecular weight excluding hydrogens is 316 g/mol. The largest absolute Gasteiger partial charge is 0.496 e. The molecule has 0 bridgehead atoms. The molecular formula is C19H20N4O2. The normalized spacial score (nSPS) is 14.1. The van der Waals surface area contributed by atoms with E-state index in [-0.39, 0.29) is 5.91 Å². The number of methoxy groups -OCH3 is 1. The first-order valence-corrected chi connectivity index (χ1v) is 8.18. The molecule has 1 aromatic carbocycles. The van der Waals surface area contributed by atoms with Gasteiger partial charge in [-0.05, 0) is 36.8 Å². The van der Waals surface area contributed by atoms with Crippen LogP contribution in [0.5, 0.6) is 5.75 Å². The number of pyridine rings is 1. The van der Waals surface area contributed by atoms with Crippen LogP contribution in [0.3, 0.4) is 0 Å². The number of amides is 1. The number of carbonyl (C=O) groups excluding carboxylic acids is 1. The molecule has 0 spiro atoms. The number of aryl methyl sites for hydroxylation is 1. The lowest BCUT2D eigenvalue weighted by molar-refractivity contribution is 0.0746. The van der Waals surface area contributed by atoms with Gasteiger partial charge in [0.05, 0.1) is 7.11 Å². The molecule has 1 fully saturated rings. The van der Waals surface area contributed by atoms with Crippen LogP contribution in [0.15, 0.2) is 36.4 Å². The lowest BCUT2D eigenvalue weighted by Gasteiger charge is -2.35. The summed E-state index contributed by atoms with van der Waals surface area (Å²) in [7, 11) is 1.61. The summed E-state index contributed by atoms with van der Waals surface area (Å²) in [4.78, 5) is 21.0. The standard InChI is InChI=1S/C19H20N4O2/c1-14-6-7-15(12-17(14)25-2)19(24)23-10-8-22(9-11-23)18-5-3-4-16(13-20)21-18/h3-7,12H,8-11H2,1-2H3. The van der Waals surface area contributed by atoms with Gasteiger partial charge in [-0.2, -0.15) is 5.26 Å². The van der Waals surface area contributed by atoms with E-state index in [0.717, 1.165) is 17.1 Å². The summed E-state index contributed by atoms with van der Waals surface area (Å²) in [6.07, 6.45) is 0. The van der Waals surface area contributed by atoms with Gasteiger partial charge in [0, 0.05) is 31.7 Å². The highest BCUT2D eigenvalue weighted by molar-refractivity contribution is 5.95. The van der Waals surface area contributed by atoms with Gasteiger partial charge in [0.15, 0.2) is 0 Å². The van der Waals surface area contributed by atoms with E-state index in [1.54, 1.807) is 19.2 Å². The predicted molar refractivity (Wildman–Crippen MR) is 94.8 cm³/mol. The molecule has 1 aliphatic heterocycles. The van der Waals surface area contributed by atoms with Crippen LogP contribution in [0, 0.1) is 18.3 Å². The lowest BCUT2D eigenvalue weighted by atomic mass is 10.1. The molecule has 0 radical (unpaired) electrons. The number of carbonyl (C=O) groups is 1. The second-order valence-corrected chi connectivity index (χ2v) is 5.96. The molecule has 6 heteroatoms. The van der Waals surface area contributed by atoms with Gasteiger partial charge in [-0.25, -0.2) is 4.98 Å². The van der Waals surface area contributed by atoms with Crippen molar-refractivity contribution in [3.8, 4) is 11.8 Å². The summed E-state index contributed by atoms with van der Waals surface area (Å²) in [5.41, 5.74) is 2.05. The van der Waals surface area contributed by atoms with Crippen molar-refractivity contribution >= 4 is 11.7 Å².